The molecule has 0 amide bonds. The van der Waals surface area contributed by atoms with Gasteiger partial charge in [0.2, 0.25) is 0 Å². The van der Waals surface area contributed by atoms with Crippen molar-refractivity contribution in [2.75, 3.05) is 0 Å². The molecule has 2 rings (SSSR count). The van der Waals surface area contributed by atoms with E-state index in [9.17, 15) is 0 Å². The fraction of sp³-hybridized carbons (Fsp3) is 0.300. The molecule has 12 heavy (non-hydrogen) atoms. The van der Waals surface area contributed by atoms with Crippen LogP contribution >= 0.6 is 0 Å². The van der Waals surface area contributed by atoms with E-state index in [2.05, 4.69) is 29.9 Å². The van der Waals surface area contributed by atoms with Gasteiger partial charge in [0.1, 0.15) is 0 Å². The van der Waals surface area contributed by atoms with E-state index in [-0.39, 0.29) is 0 Å². The van der Waals surface area contributed by atoms with Gasteiger partial charge >= 0.3 is 0 Å². The van der Waals surface area contributed by atoms with E-state index < -0.39 is 0 Å². The van der Waals surface area contributed by atoms with Gasteiger partial charge in [-0.2, -0.15) is 0 Å². The summed E-state index contributed by atoms with van der Waals surface area (Å²) in [5.41, 5.74) is 3.44. The van der Waals surface area contributed by atoms with Crippen LogP contribution in [0.2, 0.25) is 0 Å². The fourth-order valence-corrected chi connectivity index (χ4v) is 1.29. The van der Waals surface area contributed by atoms with Crippen molar-refractivity contribution >= 4 is 11.0 Å². The molecule has 0 saturated heterocycles. The molecule has 0 aliphatic carbocycles. The highest BCUT2D eigenvalue weighted by Crippen LogP contribution is 2.18. The second-order valence-corrected chi connectivity index (χ2v) is 3.32. The highest BCUT2D eigenvalue weighted by Gasteiger charge is 2.03. The van der Waals surface area contributed by atoms with E-state index in [0.29, 0.717) is 5.92 Å². The van der Waals surface area contributed by atoms with Crippen LogP contribution in [0.1, 0.15) is 25.5 Å². The third-order valence-electron chi connectivity index (χ3n) is 2.03. The summed E-state index contributed by atoms with van der Waals surface area (Å²) in [5.74, 6) is 0.541. The normalized spacial score (nSPS) is 11.2. The number of fused-ring (bicyclic) bond motifs is 1. The Morgan fingerprint density at radius 2 is 2.25 bits per heavy atom. The maximum atomic E-state index is 4.25. The zero-order valence-corrected chi connectivity index (χ0v) is 7.33. The molecule has 0 aliphatic rings. The first kappa shape index (κ1) is 7.35. The number of aromatic amines is 1. The van der Waals surface area contributed by atoms with Crippen LogP contribution in [0.4, 0.5) is 0 Å². The van der Waals surface area contributed by atoms with E-state index in [1.807, 2.05) is 18.3 Å². The van der Waals surface area contributed by atoms with Gasteiger partial charge < -0.3 is 4.98 Å². The molecular weight excluding hydrogens is 148 g/mol. The molecule has 2 heterocycles. The number of pyridine rings is 1. The van der Waals surface area contributed by atoms with Crippen LogP contribution in [0.5, 0.6) is 0 Å². The van der Waals surface area contributed by atoms with Gasteiger partial charge in [-0.25, -0.2) is 0 Å². The van der Waals surface area contributed by atoms with Gasteiger partial charge in [-0.1, -0.05) is 13.8 Å². The summed E-state index contributed by atoms with van der Waals surface area (Å²) < 4.78 is 0. The van der Waals surface area contributed by atoms with Gasteiger partial charge in [0.25, 0.3) is 0 Å². The number of hydrogen-bond donors (Lipinski definition) is 1. The maximum Gasteiger partial charge on any atom is 0.0881 e. The van der Waals surface area contributed by atoms with E-state index in [1.165, 1.54) is 5.69 Å². The summed E-state index contributed by atoms with van der Waals surface area (Å²) in [6, 6.07) is 6.11. The third kappa shape index (κ3) is 1.09. The minimum atomic E-state index is 0.541. The predicted octanol–water partition coefficient (Wildman–Crippen LogP) is 2.69. The van der Waals surface area contributed by atoms with Crippen LogP contribution in [-0.2, 0) is 0 Å². The molecule has 0 aliphatic heterocycles. The summed E-state index contributed by atoms with van der Waals surface area (Å²) in [7, 11) is 0. The molecule has 2 aromatic rings. The van der Waals surface area contributed by atoms with Gasteiger partial charge in [0.15, 0.2) is 0 Å². The number of H-pyrrole nitrogens is 1. The van der Waals surface area contributed by atoms with E-state index in [4.69, 9.17) is 0 Å². The molecule has 0 aromatic carbocycles. The van der Waals surface area contributed by atoms with Crippen molar-refractivity contribution in [1.29, 1.82) is 0 Å². The van der Waals surface area contributed by atoms with Crippen molar-refractivity contribution in [1.82, 2.24) is 9.97 Å². The summed E-state index contributed by atoms with van der Waals surface area (Å²) >= 11 is 0. The molecule has 2 heteroatoms. The quantitative estimate of drug-likeness (QED) is 0.682. The lowest BCUT2D eigenvalue weighted by molar-refractivity contribution is 0.836. The highest BCUT2D eigenvalue weighted by atomic mass is 14.8. The summed E-state index contributed by atoms with van der Waals surface area (Å²) in [4.78, 5) is 7.59. The lowest BCUT2D eigenvalue weighted by Gasteiger charge is -1.97. The van der Waals surface area contributed by atoms with Gasteiger partial charge in [0.05, 0.1) is 11.0 Å². The molecular formula is C10H12N2. The SMILES string of the molecule is CC(C)c1cc2ncccc2[nH]1. The van der Waals surface area contributed by atoms with Crippen LogP contribution in [-0.4, -0.2) is 9.97 Å². The fourth-order valence-electron chi connectivity index (χ4n) is 1.29. The van der Waals surface area contributed by atoms with Crippen LogP contribution in [0.3, 0.4) is 0 Å². The Morgan fingerprint density at radius 1 is 1.42 bits per heavy atom. The summed E-state index contributed by atoms with van der Waals surface area (Å²) in [5, 5.41) is 0. The summed E-state index contributed by atoms with van der Waals surface area (Å²) in [6.07, 6.45) is 1.82. The van der Waals surface area contributed by atoms with Crippen LogP contribution < -0.4 is 0 Å². The Labute approximate surface area is 71.6 Å². The maximum absolute atomic E-state index is 4.25. The standard InChI is InChI=1S/C10H12N2/c1-7(2)9-6-10-8(12-9)4-3-5-11-10/h3-7,12H,1-2H3. The second kappa shape index (κ2) is 2.63. The Balaban J connectivity index is 2.62. The zero-order chi connectivity index (χ0) is 8.55. The average Bonchev–Trinajstić information content (AvgIpc) is 2.46. The smallest absolute Gasteiger partial charge is 0.0881 e. The van der Waals surface area contributed by atoms with E-state index in [0.717, 1.165) is 11.0 Å². The Hall–Kier alpha value is -1.31. The number of nitrogens with zero attached hydrogens (tertiary/aromatic N) is 1. The highest BCUT2D eigenvalue weighted by molar-refractivity contribution is 5.75. The first-order chi connectivity index (χ1) is 5.77. The average molecular weight is 160 g/mol. The van der Waals surface area contributed by atoms with Crippen LogP contribution in [0, 0.1) is 0 Å². The molecule has 2 nitrogen and oxygen atoms in total. The lowest BCUT2D eigenvalue weighted by Crippen LogP contribution is -1.84. The van der Waals surface area contributed by atoms with Crippen LogP contribution in [0.15, 0.2) is 24.4 Å². The predicted molar refractivity (Wildman–Crippen MR) is 50.2 cm³/mol. The number of rotatable bonds is 1. The third-order valence-corrected chi connectivity index (χ3v) is 2.03. The van der Waals surface area contributed by atoms with E-state index in [1.54, 1.807) is 0 Å². The molecule has 0 radical (unpaired) electrons. The molecule has 0 atom stereocenters. The molecule has 0 unspecified atom stereocenters. The molecule has 62 valence electrons. The lowest BCUT2D eigenvalue weighted by atomic mass is 10.1. The Morgan fingerprint density at radius 3 is 2.92 bits per heavy atom. The molecule has 0 saturated carbocycles. The minimum absolute atomic E-state index is 0.541. The van der Waals surface area contributed by atoms with Crippen molar-refractivity contribution < 1.29 is 0 Å². The molecule has 2 aromatic heterocycles. The molecule has 1 N–H and O–H groups in total. The number of aromatic nitrogens is 2. The zero-order valence-electron chi connectivity index (χ0n) is 7.33. The van der Waals surface area contributed by atoms with Gasteiger partial charge in [0, 0.05) is 11.9 Å². The van der Waals surface area contributed by atoms with Crippen molar-refractivity contribution in [3.05, 3.63) is 30.1 Å². The molecule has 0 spiro atoms. The second-order valence-electron chi connectivity index (χ2n) is 3.32. The number of hydrogen-bond acceptors (Lipinski definition) is 1. The van der Waals surface area contributed by atoms with Crippen molar-refractivity contribution in [3.63, 3.8) is 0 Å². The first-order valence-electron chi connectivity index (χ1n) is 4.21. The van der Waals surface area contributed by atoms with Crippen molar-refractivity contribution in [3.8, 4) is 0 Å². The Kier molecular flexibility index (Phi) is 1.61. The van der Waals surface area contributed by atoms with Crippen LogP contribution in [0.25, 0.3) is 11.0 Å². The first-order valence-corrected chi connectivity index (χ1v) is 4.21. The van der Waals surface area contributed by atoms with Gasteiger partial charge in [-0.3, -0.25) is 4.98 Å². The van der Waals surface area contributed by atoms with Crippen molar-refractivity contribution in [2.24, 2.45) is 0 Å². The van der Waals surface area contributed by atoms with Gasteiger partial charge in [-0.15, -0.1) is 0 Å². The Bertz CT molecular complexity index is 354. The monoisotopic (exact) mass is 160 g/mol. The largest absolute Gasteiger partial charge is 0.357 e. The van der Waals surface area contributed by atoms with Crippen molar-refractivity contribution in [2.45, 2.75) is 19.8 Å². The summed E-state index contributed by atoms with van der Waals surface area (Å²) in [6.45, 7) is 4.34. The molecule has 0 fully saturated rings. The van der Waals surface area contributed by atoms with Gasteiger partial charge in [-0.05, 0) is 24.1 Å². The topological polar surface area (TPSA) is 28.7 Å². The molecule has 0 bridgehead atoms. The van der Waals surface area contributed by atoms with E-state index >= 15 is 0 Å². The number of nitrogens with one attached hydrogen (secondary N) is 1. The minimum Gasteiger partial charge on any atom is -0.357 e.